The fourth-order valence-corrected chi connectivity index (χ4v) is 8.25. The molecule has 1 N–H and O–H groups in total. The van der Waals surface area contributed by atoms with Crippen LogP contribution in [-0.2, 0) is 5.60 Å². The van der Waals surface area contributed by atoms with Crippen molar-refractivity contribution in [1.29, 1.82) is 0 Å². The summed E-state index contributed by atoms with van der Waals surface area (Å²) in [6.07, 6.45) is 4.91. The van der Waals surface area contributed by atoms with Gasteiger partial charge in [0, 0.05) is 15.5 Å². The second kappa shape index (κ2) is 4.69. The summed E-state index contributed by atoms with van der Waals surface area (Å²) >= 11 is 12.5. The highest BCUT2D eigenvalue weighted by atomic mass is 35.5. The number of rotatable bonds is 2. The third-order valence-corrected chi connectivity index (χ3v) is 8.75. The van der Waals surface area contributed by atoms with Crippen LogP contribution < -0.4 is 0 Å². The van der Waals surface area contributed by atoms with Gasteiger partial charge in [-0.2, -0.15) is 0 Å². The molecule has 2 aromatic carbocycles. The first-order chi connectivity index (χ1) is 12.4. The average Bonchev–Trinajstić information content (AvgIpc) is 2.59. The minimum Gasteiger partial charge on any atom is -0.384 e. The fourth-order valence-electron chi connectivity index (χ4n) is 7.95. The number of benzene rings is 2. The monoisotopic (exact) mass is 384 g/mol. The molecule has 6 unspecified atom stereocenters. The van der Waals surface area contributed by atoms with Crippen molar-refractivity contribution in [1.82, 2.24) is 0 Å². The minimum atomic E-state index is -0.728. The maximum Gasteiger partial charge on any atom is 0.0993 e. The summed E-state index contributed by atoms with van der Waals surface area (Å²) < 4.78 is 0. The highest BCUT2D eigenvalue weighted by molar-refractivity contribution is 6.31. The van der Waals surface area contributed by atoms with Gasteiger partial charge in [-0.25, -0.2) is 0 Å². The lowest BCUT2D eigenvalue weighted by atomic mass is 9.13. The van der Waals surface area contributed by atoms with E-state index in [0.717, 1.165) is 34.1 Å². The number of halogens is 2. The number of hydrogen-bond acceptors (Lipinski definition) is 1. The third-order valence-electron chi connectivity index (χ3n) is 8.26. The van der Waals surface area contributed by atoms with Gasteiger partial charge in [0.1, 0.15) is 0 Å². The lowest BCUT2D eigenvalue weighted by Gasteiger charge is -2.91. The predicted octanol–water partition coefficient (Wildman–Crippen LogP) is 6.30. The second-order valence-electron chi connectivity index (χ2n) is 9.46. The molecule has 2 bridgehead atoms. The van der Waals surface area contributed by atoms with Gasteiger partial charge in [0.15, 0.2) is 0 Å². The van der Waals surface area contributed by atoms with E-state index in [1.807, 2.05) is 36.4 Å². The Kier molecular flexibility index (Phi) is 2.88. The standard InChI is InChI=1S/C23H22Cl2O/c1-13-9-21-11-19-20(21)22(10-13,12-21)23(19,26)18-8-16(25)6-7-17(18)14-2-4-15(24)5-3-14/h2-8,13,19-20,26H,9-12H2,1H3. The highest BCUT2D eigenvalue weighted by Crippen LogP contribution is 2.94. The summed E-state index contributed by atoms with van der Waals surface area (Å²) in [6, 6.07) is 13.9. The predicted molar refractivity (Wildman–Crippen MR) is 105 cm³/mol. The molecule has 0 aliphatic heterocycles. The largest absolute Gasteiger partial charge is 0.384 e. The molecule has 5 fully saturated rings. The van der Waals surface area contributed by atoms with E-state index in [1.54, 1.807) is 0 Å². The molecule has 0 saturated heterocycles. The molecule has 0 heterocycles. The van der Waals surface area contributed by atoms with Crippen molar-refractivity contribution in [3.05, 3.63) is 58.1 Å². The Bertz CT molecular complexity index is 934. The maximum absolute atomic E-state index is 12.1. The van der Waals surface area contributed by atoms with Gasteiger partial charge in [0.25, 0.3) is 0 Å². The quantitative estimate of drug-likeness (QED) is 0.643. The van der Waals surface area contributed by atoms with Gasteiger partial charge in [-0.15, -0.1) is 0 Å². The van der Waals surface area contributed by atoms with Crippen molar-refractivity contribution in [3.63, 3.8) is 0 Å². The molecule has 2 spiro atoms. The van der Waals surface area contributed by atoms with Crippen LogP contribution in [0, 0.1) is 28.6 Å². The topological polar surface area (TPSA) is 20.2 Å². The Labute approximate surface area is 164 Å². The molecule has 5 aliphatic carbocycles. The van der Waals surface area contributed by atoms with Crippen LogP contribution >= 0.6 is 23.2 Å². The molecule has 7 rings (SSSR count). The summed E-state index contributed by atoms with van der Waals surface area (Å²) in [4.78, 5) is 0. The van der Waals surface area contributed by atoms with Crippen LogP contribution in [0.3, 0.4) is 0 Å². The molecule has 26 heavy (non-hydrogen) atoms. The van der Waals surface area contributed by atoms with Crippen LogP contribution in [0.15, 0.2) is 42.5 Å². The SMILES string of the molecule is CC1CC23CC4C2C(C1)(C3)C4(O)c1cc(Cl)ccc1-c1ccc(Cl)cc1. The molecule has 0 aromatic heterocycles. The first-order valence-electron chi connectivity index (χ1n) is 9.68. The van der Waals surface area contributed by atoms with E-state index >= 15 is 0 Å². The van der Waals surface area contributed by atoms with Crippen LogP contribution in [0.25, 0.3) is 11.1 Å². The normalized spacial score (nSPS) is 44.4. The summed E-state index contributed by atoms with van der Waals surface area (Å²) in [5.74, 6) is 1.87. The first-order valence-corrected chi connectivity index (χ1v) is 10.4. The highest BCUT2D eigenvalue weighted by Gasteiger charge is 2.91. The van der Waals surface area contributed by atoms with Gasteiger partial charge in [-0.3, -0.25) is 0 Å². The lowest BCUT2D eigenvalue weighted by Crippen LogP contribution is -2.89. The van der Waals surface area contributed by atoms with E-state index in [1.165, 1.54) is 19.3 Å². The summed E-state index contributed by atoms with van der Waals surface area (Å²) in [5.41, 5.74) is 3.16. The molecule has 1 nitrogen and oxygen atoms in total. The van der Waals surface area contributed by atoms with E-state index in [4.69, 9.17) is 23.2 Å². The van der Waals surface area contributed by atoms with E-state index in [-0.39, 0.29) is 5.41 Å². The maximum atomic E-state index is 12.1. The van der Waals surface area contributed by atoms with Gasteiger partial charge in [0.05, 0.1) is 5.60 Å². The van der Waals surface area contributed by atoms with E-state index < -0.39 is 5.60 Å². The van der Waals surface area contributed by atoms with Gasteiger partial charge < -0.3 is 5.11 Å². The summed E-state index contributed by atoms with van der Waals surface area (Å²) in [5, 5.41) is 13.6. The van der Waals surface area contributed by atoms with Crippen LogP contribution in [0.2, 0.25) is 10.0 Å². The van der Waals surface area contributed by atoms with Gasteiger partial charge in [-0.05, 0) is 89.8 Å². The van der Waals surface area contributed by atoms with Crippen molar-refractivity contribution in [3.8, 4) is 11.1 Å². The van der Waals surface area contributed by atoms with Gasteiger partial charge >= 0.3 is 0 Å². The molecule has 2 aromatic rings. The number of aliphatic hydroxyl groups is 1. The first kappa shape index (κ1) is 16.0. The molecule has 5 saturated carbocycles. The third kappa shape index (κ3) is 1.57. The molecule has 0 amide bonds. The lowest BCUT2D eigenvalue weighted by molar-refractivity contribution is -0.474. The van der Waals surface area contributed by atoms with E-state index in [9.17, 15) is 5.11 Å². The molecular formula is C23H22Cl2O. The van der Waals surface area contributed by atoms with Crippen molar-refractivity contribution < 1.29 is 5.11 Å². The van der Waals surface area contributed by atoms with E-state index in [2.05, 4.69) is 13.0 Å². The Balaban J connectivity index is 1.52. The molecule has 134 valence electrons. The summed E-state index contributed by atoms with van der Waals surface area (Å²) in [6.45, 7) is 2.36. The van der Waals surface area contributed by atoms with Crippen molar-refractivity contribution in [2.45, 2.75) is 38.2 Å². The molecule has 0 radical (unpaired) electrons. The van der Waals surface area contributed by atoms with Crippen LogP contribution in [0.5, 0.6) is 0 Å². The van der Waals surface area contributed by atoms with Crippen LogP contribution in [0.1, 0.15) is 38.2 Å². The zero-order valence-corrected chi connectivity index (χ0v) is 16.3. The zero-order chi connectivity index (χ0) is 17.9. The number of fused-ring (bicyclic) bond motifs is 2. The van der Waals surface area contributed by atoms with E-state index in [0.29, 0.717) is 22.3 Å². The summed E-state index contributed by atoms with van der Waals surface area (Å²) in [7, 11) is 0. The fraction of sp³-hybridized carbons (Fsp3) is 0.478. The van der Waals surface area contributed by atoms with Crippen molar-refractivity contribution >= 4 is 23.2 Å². The van der Waals surface area contributed by atoms with Crippen molar-refractivity contribution in [2.24, 2.45) is 28.6 Å². The number of hydrogen-bond donors (Lipinski definition) is 1. The van der Waals surface area contributed by atoms with Crippen LogP contribution in [-0.4, -0.2) is 5.11 Å². The average molecular weight is 385 g/mol. The molecule has 3 heteroatoms. The Morgan fingerprint density at radius 2 is 1.69 bits per heavy atom. The second-order valence-corrected chi connectivity index (χ2v) is 10.3. The van der Waals surface area contributed by atoms with Gasteiger partial charge in [-0.1, -0.05) is 48.3 Å². The van der Waals surface area contributed by atoms with Crippen LogP contribution in [0.4, 0.5) is 0 Å². The molecular weight excluding hydrogens is 363 g/mol. The zero-order valence-electron chi connectivity index (χ0n) is 14.8. The smallest absolute Gasteiger partial charge is 0.0993 e. The molecule has 6 atom stereocenters. The van der Waals surface area contributed by atoms with Crippen molar-refractivity contribution in [2.75, 3.05) is 0 Å². The van der Waals surface area contributed by atoms with Gasteiger partial charge in [0.2, 0.25) is 0 Å². The minimum absolute atomic E-state index is 0.0828. The Morgan fingerprint density at radius 1 is 0.962 bits per heavy atom. The Hall–Kier alpha value is -1.02. The molecule has 5 aliphatic rings. The Morgan fingerprint density at radius 3 is 2.42 bits per heavy atom.